The van der Waals surface area contributed by atoms with Crippen molar-refractivity contribution in [3.8, 4) is 11.5 Å². The fourth-order valence-electron chi connectivity index (χ4n) is 3.63. The summed E-state index contributed by atoms with van der Waals surface area (Å²) in [6.07, 6.45) is 3.54. The van der Waals surface area contributed by atoms with Gasteiger partial charge in [0.2, 0.25) is 0 Å². The van der Waals surface area contributed by atoms with Crippen molar-refractivity contribution in [2.24, 2.45) is 0 Å². The van der Waals surface area contributed by atoms with Crippen LogP contribution in [0.2, 0.25) is 0 Å². The second-order valence-corrected chi connectivity index (χ2v) is 8.71. The Kier molecular flexibility index (Phi) is 4.66. The molecule has 0 spiro atoms. The average Bonchev–Trinajstić information content (AvgIpc) is 3.43. The van der Waals surface area contributed by atoms with Crippen molar-refractivity contribution in [2.45, 2.75) is 26.2 Å². The first-order chi connectivity index (χ1) is 15.4. The van der Waals surface area contributed by atoms with Gasteiger partial charge in [0.15, 0.2) is 5.82 Å². The van der Waals surface area contributed by atoms with E-state index in [1.54, 1.807) is 6.20 Å². The topological polar surface area (TPSA) is 95.7 Å². The first-order valence-electron chi connectivity index (χ1n) is 10.4. The molecule has 0 atom stereocenters. The van der Waals surface area contributed by atoms with Crippen molar-refractivity contribution >= 4 is 33.5 Å². The molecular formula is C25H23N5O2. The number of rotatable bonds is 4. The molecule has 7 nitrogen and oxygen atoms in total. The van der Waals surface area contributed by atoms with Crippen molar-refractivity contribution in [2.75, 3.05) is 5.32 Å². The minimum atomic E-state index is -0.209. The summed E-state index contributed by atoms with van der Waals surface area (Å²) in [7, 11) is 0. The van der Waals surface area contributed by atoms with Crippen molar-refractivity contribution in [1.29, 1.82) is 0 Å². The van der Waals surface area contributed by atoms with Crippen molar-refractivity contribution < 1.29 is 9.53 Å². The van der Waals surface area contributed by atoms with Crippen LogP contribution in [0.25, 0.3) is 21.8 Å². The molecule has 0 unspecified atom stereocenters. The molecular weight excluding hydrogens is 402 g/mol. The second-order valence-electron chi connectivity index (χ2n) is 8.71. The molecule has 0 aliphatic heterocycles. The van der Waals surface area contributed by atoms with E-state index >= 15 is 0 Å². The molecule has 1 amide bonds. The Morgan fingerprint density at radius 2 is 1.91 bits per heavy atom. The maximum Gasteiger partial charge on any atom is 0.257 e. The number of anilines is 1. The Hall–Kier alpha value is -4.13. The molecule has 0 aliphatic carbocycles. The van der Waals surface area contributed by atoms with Gasteiger partial charge in [0, 0.05) is 35.1 Å². The summed E-state index contributed by atoms with van der Waals surface area (Å²) in [6.45, 7) is 6.26. The molecule has 0 fully saturated rings. The van der Waals surface area contributed by atoms with Crippen LogP contribution in [0, 0.1) is 0 Å². The Balaban J connectivity index is 1.42. The number of ether oxygens (including phenoxy) is 1. The summed E-state index contributed by atoms with van der Waals surface area (Å²) in [5, 5.41) is 12.8. The minimum Gasteiger partial charge on any atom is -0.457 e. The van der Waals surface area contributed by atoms with Gasteiger partial charge in [-0.1, -0.05) is 32.9 Å². The van der Waals surface area contributed by atoms with E-state index < -0.39 is 0 Å². The average molecular weight is 425 g/mol. The summed E-state index contributed by atoms with van der Waals surface area (Å²) in [4.78, 5) is 20.3. The largest absolute Gasteiger partial charge is 0.457 e. The number of fused-ring (bicyclic) bond motifs is 2. The third-order valence-electron chi connectivity index (χ3n) is 5.37. The van der Waals surface area contributed by atoms with Gasteiger partial charge >= 0.3 is 0 Å². The molecule has 2 aromatic carbocycles. The highest BCUT2D eigenvalue weighted by atomic mass is 16.5. The van der Waals surface area contributed by atoms with Crippen molar-refractivity contribution in [1.82, 2.24) is 20.2 Å². The highest BCUT2D eigenvalue weighted by molar-refractivity contribution is 6.12. The van der Waals surface area contributed by atoms with Crippen molar-refractivity contribution in [3.63, 3.8) is 0 Å². The number of hydrogen-bond acceptors (Lipinski definition) is 4. The monoisotopic (exact) mass is 425 g/mol. The quantitative estimate of drug-likeness (QED) is 0.340. The zero-order valence-corrected chi connectivity index (χ0v) is 18.1. The van der Waals surface area contributed by atoms with E-state index in [1.165, 1.54) is 0 Å². The van der Waals surface area contributed by atoms with Gasteiger partial charge in [0.25, 0.3) is 5.91 Å². The molecule has 3 N–H and O–H groups in total. The molecule has 5 aromatic rings. The fraction of sp³-hybridized carbons (Fsp3) is 0.160. The standard InChI is InChI=1S/C25H23N5O2/c1-25(2,3)21-14-22(30-29-21)28-24(31)18-6-4-5-15-13-16(7-8-17(15)18)32-20-10-12-27-23-19(20)9-11-26-23/h4-14H,1-3H3,(H,26,27)(H2,28,29,30,31). The summed E-state index contributed by atoms with van der Waals surface area (Å²) in [6, 6.07) is 17.0. The van der Waals surface area contributed by atoms with Crippen LogP contribution < -0.4 is 10.1 Å². The Morgan fingerprint density at radius 1 is 1.03 bits per heavy atom. The first-order valence-corrected chi connectivity index (χ1v) is 10.4. The zero-order chi connectivity index (χ0) is 22.3. The van der Waals surface area contributed by atoms with Crippen LogP contribution in [0.1, 0.15) is 36.8 Å². The maximum absolute atomic E-state index is 13.0. The van der Waals surface area contributed by atoms with Gasteiger partial charge in [-0.2, -0.15) is 5.10 Å². The summed E-state index contributed by atoms with van der Waals surface area (Å²) >= 11 is 0. The Bertz CT molecular complexity index is 1440. The lowest BCUT2D eigenvalue weighted by molar-refractivity contribution is 0.102. The Morgan fingerprint density at radius 3 is 2.72 bits per heavy atom. The number of carbonyl (C=O) groups is 1. The van der Waals surface area contributed by atoms with Gasteiger partial charge in [0.05, 0.1) is 5.39 Å². The molecule has 32 heavy (non-hydrogen) atoms. The molecule has 7 heteroatoms. The van der Waals surface area contributed by atoms with Crippen LogP contribution in [0.15, 0.2) is 67.0 Å². The Labute approximate surface area is 184 Å². The lowest BCUT2D eigenvalue weighted by Gasteiger charge is -2.14. The van der Waals surface area contributed by atoms with Gasteiger partial charge in [-0.05, 0) is 47.2 Å². The number of aromatic amines is 2. The number of H-pyrrole nitrogens is 2. The molecule has 5 rings (SSSR count). The van der Waals surface area contributed by atoms with Gasteiger partial charge in [-0.3, -0.25) is 9.89 Å². The molecule has 0 saturated carbocycles. The number of amides is 1. The summed E-state index contributed by atoms with van der Waals surface area (Å²) < 4.78 is 6.11. The lowest BCUT2D eigenvalue weighted by atomic mass is 9.92. The van der Waals surface area contributed by atoms with E-state index in [9.17, 15) is 4.79 Å². The number of benzene rings is 2. The van der Waals surface area contributed by atoms with E-state index in [4.69, 9.17) is 4.74 Å². The van der Waals surface area contributed by atoms with Crippen LogP contribution in [0.3, 0.4) is 0 Å². The summed E-state index contributed by atoms with van der Waals surface area (Å²) in [5.41, 5.74) is 2.23. The molecule has 0 bridgehead atoms. The molecule has 160 valence electrons. The molecule has 0 saturated heterocycles. The van der Waals surface area contributed by atoms with E-state index in [1.807, 2.05) is 60.8 Å². The molecule has 0 aliphatic rings. The highest BCUT2D eigenvalue weighted by Crippen LogP contribution is 2.31. The smallest absolute Gasteiger partial charge is 0.257 e. The number of hydrogen-bond donors (Lipinski definition) is 3. The third-order valence-corrected chi connectivity index (χ3v) is 5.37. The molecule has 3 heterocycles. The van der Waals surface area contributed by atoms with E-state index in [2.05, 4.69) is 46.3 Å². The van der Waals surface area contributed by atoms with Crippen LogP contribution in [-0.4, -0.2) is 26.1 Å². The van der Waals surface area contributed by atoms with Crippen LogP contribution >= 0.6 is 0 Å². The number of nitrogens with one attached hydrogen (secondary N) is 3. The highest BCUT2D eigenvalue weighted by Gasteiger charge is 2.18. The normalized spacial score (nSPS) is 11.7. The van der Waals surface area contributed by atoms with Gasteiger partial charge in [-0.15, -0.1) is 0 Å². The van der Waals surface area contributed by atoms with E-state index in [-0.39, 0.29) is 11.3 Å². The number of aromatic nitrogens is 4. The summed E-state index contributed by atoms with van der Waals surface area (Å²) in [5.74, 6) is 1.70. The minimum absolute atomic E-state index is 0.0768. The van der Waals surface area contributed by atoms with E-state index in [0.717, 1.165) is 33.2 Å². The predicted molar refractivity (Wildman–Crippen MR) is 125 cm³/mol. The van der Waals surface area contributed by atoms with Gasteiger partial charge in [-0.25, -0.2) is 4.98 Å². The van der Waals surface area contributed by atoms with Crippen LogP contribution in [0.5, 0.6) is 11.5 Å². The first kappa shape index (κ1) is 19.8. The number of pyridine rings is 1. The predicted octanol–water partition coefficient (Wildman–Crippen LogP) is 5.78. The maximum atomic E-state index is 13.0. The van der Waals surface area contributed by atoms with Crippen LogP contribution in [0.4, 0.5) is 5.82 Å². The van der Waals surface area contributed by atoms with Gasteiger partial charge < -0.3 is 15.0 Å². The van der Waals surface area contributed by atoms with Crippen molar-refractivity contribution in [3.05, 3.63) is 78.2 Å². The van der Waals surface area contributed by atoms with Gasteiger partial charge in [0.1, 0.15) is 17.1 Å². The molecule has 3 aromatic heterocycles. The number of carbonyl (C=O) groups excluding carboxylic acids is 1. The SMILES string of the molecule is CC(C)(C)c1cc(NC(=O)c2cccc3cc(Oc4ccnc5[nH]ccc45)ccc23)n[nH]1. The number of nitrogens with zero attached hydrogens (tertiary/aromatic N) is 2. The van der Waals surface area contributed by atoms with E-state index in [0.29, 0.717) is 17.1 Å². The lowest BCUT2D eigenvalue weighted by Crippen LogP contribution is -2.13. The second kappa shape index (κ2) is 7.53. The fourth-order valence-corrected chi connectivity index (χ4v) is 3.63. The molecule has 0 radical (unpaired) electrons. The third kappa shape index (κ3) is 3.69. The zero-order valence-electron chi connectivity index (χ0n) is 18.1. The van der Waals surface area contributed by atoms with Crippen LogP contribution in [-0.2, 0) is 5.41 Å².